The number of amides is 3. The van der Waals surface area contributed by atoms with E-state index in [9.17, 15) is 22.8 Å². The average Bonchev–Trinajstić information content (AvgIpc) is 4.01. The molecule has 2 aliphatic heterocycles. The maximum absolute atomic E-state index is 14.1. The second-order valence-electron chi connectivity index (χ2n) is 13.7. The number of benzene rings is 1. The number of nitrogens with one attached hydrogen (secondary N) is 2. The first-order valence-corrected chi connectivity index (χ1v) is 18.8. The molecule has 4 aromatic rings. The van der Waals surface area contributed by atoms with Gasteiger partial charge in [-0.15, -0.1) is 0 Å². The molecule has 3 aromatic heterocycles. The van der Waals surface area contributed by atoms with Crippen LogP contribution in [0, 0.1) is 5.92 Å². The molecule has 0 radical (unpaired) electrons. The molecule has 4 atom stereocenters. The summed E-state index contributed by atoms with van der Waals surface area (Å²) in [5.41, 5.74) is 0.924. The molecular formula is C35H38N8O6S. The van der Waals surface area contributed by atoms with Gasteiger partial charge in [0.1, 0.15) is 23.4 Å². The van der Waals surface area contributed by atoms with Gasteiger partial charge >= 0.3 is 0 Å². The summed E-state index contributed by atoms with van der Waals surface area (Å²) in [5, 5.41) is 7.88. The number of aromatic nitrogens is 5. The molecule has 14 nitrogen and oxygen atoms in total. The van der Waals surface area contributed by atoms with E-state index in [4.69, 9.17) is 14.8 Å². The van der Waals surface area contributed by atoms with Crippen LogP contribution in [0.2, 0.25) is 0 Å². The van der Waals surface area contributed by atoms with Crippen LogP contribution in [-0.4, -0.2) is 85.1 Å². The number of ether oxygens (including phenoxy) is 1. The van der Waals surface area contributed by atoms with Crippen molar-refractivity contribution in [2.24, 2.45) is 5.92 Å². The highest BCUT2D eigenvalue weighted by atomic mass is 32.2. The number of sulfonamides is 1. The molecule has 8 rings (SSSR count). The first-order chi connectivity index (χ1) is 24.2. The van der Waals surface area contributed by atoms with Crippen molar-refractivity contribution in [2.75, 3.05) is 6.54 Å². The smallest absolute Gasteiger partial charge is 0.259 e. The minimum absolute atomic E-state index is 0.139. The van der Waals surface area contributed by atoms with Crippen molar-refractivity contribution >= 4 is 44.3 Å². The predicted octanol–water partition coefficient (Wildman–Crippen LogP) is 3.08. The van der Waals surface area contributed by atoms with Crippen LogP contribution in [0.3, 0.4) is 0 Å². The molecule has 5 heterocycles. The quantitative estimate of drug-likeness (QED) is 0.285. The minimum Gasteiger partial charge on any atom is -0.472 e. The third-order valence-corrected chi connectivity index (χ3v) is 11.9. The number of nitrogens with zero attached hydrogens (tertiary/aromatic N) is 6. The van der Waals surface area contributed by atoms with Gasteiger partial charge in [-0.3, -0.25) is 29.1 Å². The van der Waals surface area contributed by atoms with Gasteiger partial charge in [-0.2, -0.15) is 9.61 Å². The van der Waals surface area contributed by atoms with Gasteiger partial charge < -0.3 is 15.0 Å². The number of hydrogen-bond acceptors (Lipinski definition) is 10. The highest BCUT2D eigenvalue weighted by Gasteiger charge is 2.62. The summed E-state index contributed by atoms with van der Waals surface area (Å²) >= 11 is 0. The summed E-state index contributed by atoms with van der Waals surface area (Å²) in [6.45, 7) is 0.139. The van der Waals surface area contributed by atoms with Gasteiger partial charge in [-0.05, 0) is 50.7 Å². The lowest BCUT2D eigenvalue weighted by Gasteiger charge is -2.26. The molecule has 0 bridgehead atoms. The molecule has 3 amide bonds. The first-order valence-electron chi connectivity index (χ1n) is 17.3. The maximum Gasteiger partial charge on any atom is 0.259 e. The first kappa shape index (κ1) is 32.3. The third-order valence-electron chi connectivity index (χ3n) is 10.1. The molecule has 260 valence electrons. The van der Waals surface area contributed by atoms with Crippen molar-refractivity contribution in [3.8, 4) is 17.3 Å². The summed E-state index contributed by atoms with van der Waals surface area (Å²) in [7, 11) is -3.83. The molecular weight excluding hydrogens is 661 g/mol. The summed E-state index contributed by atoms with van der Waals surface area (Å²) < 4.78 is 35.9. The second kappa shape index (κ2) is 12.8. The van der Waals surface area contributed by atoms with Gasteiger partial charge in [0.05, 0.1) is 29.2 Å². The van der Waals surface area contributed by atoms with Crippen molar-refractivity contribution in [1.82, 2.24) is 39.5 Å². The van der Waals surface area contributed by atoms with Crippen LogP contribution in [-0.2, 0) is 24.4 Å². The Kier molecular flexibility index (Phi) is 8.24. The summed E-state index contributed by atoms with van der Waals surface area (Å²) in [6.07, 6.45) is 14.0. The number of fused-ring (bicyclic) bond motifs is 5. The molecule has 50 heavy (non-hydrogen) atoms. The normalized spacial score (nSPS) is 26.1. The van der Waals surface area contributed by atoms with Crippen molar-refractivity contribution < 1.29 is 27.5 Å². The van der Waals surface area contributed by atoms with Crippen LogP contribution in [0.15, 0.2) is 61.1 Å². The zero-order valence-electron chi connectivity index (χ0n) is 27.4. The zero-order chi connectivity index (χ0) is 34.5. The van der Waals surface area contributed by atoms with E-state index >= 15 is 0 Å². The highest BCUT2D eigenvalue weighted by Crippen LogP contribution is 2.46. The van der Waals surface area contributed by atoms with Crippen molar-refractivity contribution in [1.29, 1.82) is 0 Å². The third kappa shape index (κ3) is 6.18. The Balaban J connectivity index is 1.10. The Morgan fingerprint density at radius 2 is 1.90 bits per heavy atom. The lowest BCUT2D eigenvalue weighted by atomic mass is 10.1. The van der Waals surface area contributed by atoms with Gasteiger partial charge in [0.25, 0.3) is 5.91 Å². The van der Waals surface area contributed by atoms with Gasteiger partial charge in [0.2, 0.25) is 27.7 Å². The molecule has 0 unspecified atom stereocenters. The Labute approximate surface area is 288 Å². The van der Waals surface area contributed by atoms with Crippen molar-refractivity contribution in [3.63, 3.8) is 0 Å². The fourth-order valence-electron chi connectivity index (χ4n) is 7.09. The van der Waals surface area contributed by atoms with E-state index in [2.05, 4.69) is 20.0 Å². The Bertz CT molecular complexity index is 2120. The van der Waals surface area contributed by atoms with Crippen molar-refractivity contribution in [3.05, 3.63) is 61.1 Å². The van der Waals surface area contributed by atoms with Crippen LogP contribution in [0.25, 0.3) is 27.9 Å². The molecule has 2 saturated carbocycles. The van der Waals surface area contributed by atoms with E-state index < -0.39 is 44.8 Å². The highest BCUT2D eigenvalue weighted by molar-refractivity contribution is 7.91. The van der Waals surface area contributed by atoms with E-state index in [0.717, 1.165) is 36.6 Å². The van der Waals surface area contributed by atoms with Crippen LogP contribution >= 0.6 is 0 Å². The standard InChI is InChI=1S/C35H38N8O6S/c44-30-12-6-4-2-1-3-5-9-22-19-35(22,34(46)41-50(47,48)24-13-14-24)39-33(45)29-17-23(21-42(29)30)49-31-18-27(28-20-36-15-16-37-28)38-32-25-10-7-8-11-26(25)40-43(31)32/h5,7-11,15-16,18,20,22-24,29H,1-4,6,12-14,17,19,21H2,(H,39,45)(H,41,46)/t22-,23-,29+,35-/m1/s1. The molecule has 1 saturated heterocycles. The van der Waals surface area contributed by atoms with E-state index in [0.29, 0.717) is 42.2 Å². The summed E-state index contributed by atoms with van der Waals surface area (Å²) in [5.74, 6) is -1.42. The van der Waals surface area contributed by atoms with E-state index in [1.807, 2.05) is 36.4 Å². The van der Waals surface area contributed by atoms with Gasteiger partial charge in [0, 0.05) is 42.6 Å². The lowest BCUT2D eigenvalue weighted by molar-refractivity contribution is -0.139. The predicted molar refractivity (Wildman–Crippen MR) is 182 cm³/mol. The summed E-state index contributed by atoms with van der Waals surface area (Å²) in [4.78, 5) is 56.4. The number of rotatable bonds is 6. The largest absolute Gasteiger partial charge is 0.472 e. The van der Waals surface area contributed by atoms with E-state index in [1.54, 1.807) is 34.1 Å². The fraction of sp³-hybridized carbons (Fsp3) is 0.457. The van der Waals surface area contributed by atoms with Crippen LogP contribution < -0.4 is 14.8 Å². The minimum atomic E-state index is -3.83. The van der Waals surface area contributed by atoms with Crippen LogP contribution in [0.4, 0.5) is 0 Å². The SMILES string of the molecule is O=C1N[C@]2(C(=O)NS(=O)(=O)C3CC3)C[C@H]2C=CCCCCCCC(=O)N2C[C@H](Oc3cc(-c4cnccn4)nc4c5ccccc5nn34)C[C@@H]12. The number of hydrogen-bond donors (Lipinski definition) is 2. The second-order valence-corrected chi connectivity index (χ2v) is 15.6. The van der Waals surface area contributed by atoms with E-state index in [-0.39, 0.29) is 37.6 Å². The fourth-order valence-corrected chi connectivity index (χ4v) is 8.46. The number of carbonyl (C=O) groups is 3. The monoisotopic (exact) mass is 698 g/mol. The average molecular weight is 699 g/mol. The van der Waals surface area contributed by atoms with E-state index in [1.165, 1.54) is 0 Å². The molecule has 3 fully saturated rings. The van der Waals surface area contributed by atoms with Gasteiger partial charge in [-0.25, -0.2) is 13.4 Å². The Morgan fingerprint density at radius 1 is 1.06 bits per heavy atom. The molecule has 1 aromatic carbocycles. The van der Waals surface area contributed by atoms with Gasteiger partial charge in [-0.1, -0.05) is 37.1 Å². The topological polar surface area (TPSA) is 178 Å². The molecule has 4 aliphatic rings. The maximum atomic E-state index is 14.1. The molecule has 2 N–H and O–H groups in total. The Morgan fingerprint density at radius 3 is 2.72 bits per heavy atom. The number of allylic oxidation sites excluding steroid dienone is 1. The molecule has 0 spiro atoms. The Hall–Kier alpha value is -4.92. The number of carbonyl (C=O) groups excluding carboxylic acids is 3. The lowest BCUT2D eigenvalue weighted by Crippen LogP contribution is -2.56. The van der Waals surface area contributed by atoms with Crippen LogP contribution in [0.1, 0.15) is 64.2 Å². The molecule has 2 aliphatic carbocycles. The van der Waals surface area contributed by atoms with Crippen LogP contribution in [0.5, 0.6) is 5.88 Å². The van der Waals surface area contributed by atoms with Gasteiger partial charge in [0.15, 0.2) is 5.65 Å². The molecule has 15 heteroatoms. The summed E-state index contributed by atoms with van der Waals surface area (Å²) in [6, 6.07) is 8.39. The zero-order valence-corrected chi connectivity index (χ0v) is 28.2. The van der Waals surface area contributed by atoms with Crippen molar-refractivity contribution in [2.45, 2.75) is 87.1 Å².